The van der Waals surface area contributed by atoms with E-state index in [0.717, 1.165) is 48.4 Å². The van der Waals surface area contributed by atoms with Gasteiger partial charge in [0.25, 0.3) is 0 Å². The lowest BCUT2D eigenvalue weighted by Crippen LogP contribution is -2.36. The summed E-state index contributed by atoms with van der Waals surface area (Å²) < 4.78 is 38.8. The molecule has 1 aliphatic rings. The van der Waals surface area contributed by atoms with Gasteiger partial charge in [0.15, 0.2) is 0 Å². The van der Waals surface area contributed by atoms with E-state index in [0.29, 0.717) is 12.2 Å². The van der Waals surface area contributed by atoms with Crippen LogP contribution >= 0.6 is 0 Å². The van der Waals surface area contributed by atoms with Gasteiger partial charge in [-0.05, 0) is 49.7 Å². The number of nitrogens with one attached hydrogen (secondary N) is 3. The highest BCUT2D eigenvalue weighted by Crippen LogP contribution is 2.24. The van der Waals surface area contributed by atoms with E-state index in [2.05, 4.69) is 27.7 Å². The van der Waals surface area contributed by atoms with Crippen molar-refractivity contribution in [3.8, 4) is 11.3 Å². The summed E-state index contributed by atoms with van der Waals surface area (Å²) in [5.74, 6) is 0. The molecule has 8 nitrogen and oxygen atoms in total. The first-order valence-corrected chi connectivity index (χ1v) is 11.0. The summed E-state index contributed by atoms with van der Waals surface area (Å²) in [6.45, 7) is 1.22. The van der Waals surface area contributed by atoms with Gasteiger partial charge in [0.05, 0.1) is 18.0 Å². The molecule has 3 N–H and O–H groups in total. The monoisotopic (exact) mass is 476 g/mol. The average molecular weight is 477 g/mol. The molecule has 1 fully saturated rings. The van der Waals surface area contributed by atoms with Gasteiger partial charge in [-0.3, -0.25) is 9.24 Å². The van der Waals surface area contributed by atoms with Crippen LogP contribution in [0.5, 0.6) is 0 Å². The number of benzene rings is 1. The van der Waals surface area contributed by atoms with Crippen molar-refractivity contribution in [1.29, 1.82) is 0 Å². The van der Waals surface area contributed by atoms with Crippen LogP contribution in [0.3, 0.4) is 0 Å². The predicted molar refractivity (Wildman–Crippen MR) is 122 cm³/mol. The molecule has 2 amide bonds. The molecule has 1 aromatic carbocycles. The van der Waals surface area contributed by atoms with Crippen LogP contribution in [0.2, 0.25) is 0 Å². The van der Waals surface area contributed by atoms with Crippen LogP contribution in [-0.4, -0.2) is 59.3 Å². The zero-order valence-corrected chi connectivity index (χ0v) is 18.7. The number of amides is 2. The molecule has 0 saturated carbocycles. The Labute approximate surface area is 195 Å². The van der Waals surface area contributed by atoms with Crippen LogP contribution < -0.4 is 16.1 Å². The van der Waals surface area contributed by atoms with Gasteiger partial charge in [0.2, 0.25) is 0 Å². The number of hydroxylamine groups is 1. The van der Waals surface area contributed by atoms with Crippen LogP contribution in [0.1, 0.15) is 18.4 Å². The SMILES string of the molecule is CN1CCC(ONCc2ccn3c(-c4cccc(NC(=O)NCC(F)(F)F)c4)cnc3c2)CC1. The van der Waals surface area contributed by atoms with Gasteiger partial charge < -0.3 is 15.5 Å². The Morgan fingerprint density at radius 3 is 2.76 bits per heavy atom. The highest BCUT2D eigenvalue weighted by molar-refractivity contribution is 5.90. The van der Waals surface area contributed by atoms with Crippen LogP contribution in [-0.2, 0) is 11.4 Å². The Bertz CT molecular complexity index is 1130. The second-order valence-corrected chi connectivity index (χ2v) is 8.35. The number of hydrogen-bond donors (Lipinski definition) is 3. The van der Waals surface area contributed by atoms with E-state index in [4.69, 9.17) is 4.84 Å². The summed E-state index contributed by atoms with van der Waals surface area (Å²) in [7, 11) is 2.11. The quantitative estimate of drug-likeness (QED) is 0.452. The molecule has 3 aromatic rings. The summed E-state index contributed by atoms with van der Waals surface area (Å²) in [5, 5.41) is 4.21. The molecule has 34 heavy (non-hydrogen) atoms. The molecule has 3 heterocycles. The molecule has 0 bridgehead atoms. The lowest BCUT2D eigenvalue weighted by Gasteiger charge is -2.28. The van der Waals surface area contributed by atoms with E-state index in [1.165, 1.54) is 0 Å². The minimum atomic E-state index is -4.47. The van der Waals surface area contributed by atoms with Crippen molar-refractivity contribution < 1.29 is 22.8 Å². The molecule has 0 aliphatic carbocycles. The standard InChI is InChI=1S/C23H27F3N6O2/c1-31-8-6-19(7-9-31)34-29-13-16-5-10-32-20(14-27-21(32)11-16)17-3-2-4-18(12-17)30-22(33)28-15-23(24,25)26/h2-5,10-12,14,19,29H,6-9,13,15H2,1H3,(H2,28,30,33). The number of nitrogens with zero attached hydrogens (tertiary/aromatic N) is 3. The minimum absolute atomic E-state index is 0.217. The number of halogens is 3. The smallest absolute Gasteiger partial charge is 0.329 e. The molecule has 4 rings (SSSR count). The maximum Gasteiger partial charge on any atom is 0.405 e. The van der Waals surface area contributed by atoms with Gasteiger partial charge in [-0.2, -0.15) is 18.7 Å². The molecule has 0 atom stereocenters. The maximum atomic E-state index is 12.3. The molecule has 182 valence electrons. The zero-order valence-electron chi connectivity index (χ0n) is 18.7. The third kappa shape index (κ3) is 6.46. The van der Waals surface area contributed by atoms with Crippen LogP contribution in [0.15, 0.2) is 48.8 Å². The van der Waals surface area contributed by atoms with E-state index in [9.17, 15) is 18.0 Å². The van der Waals surface area contributed by atoms with Crippen molar-refractivity contribution in [1.82, 2.24) is 25.1 Å². The lowest BCUT2D eigenvalue weighted by atomic mass is 10.1. The number of rotatable bonds is 7. The Morgan fingerprint density at radius 1 is 1.21 bits per heavy atom. The first-order valence-electron chi connectivity index (χ1n) is 11.0. The largest absolute Gasteiger partial charge is 0.405 e. The third-order valence-electron chi connectivity index (χ3n) is 5.64. The van der Waals surface area contributed by atoms with E-state index in [1.807, 2.05) is 28.8 Å². The highest BCUT2D eigenvalue weighted by atomic mass is 19.4. The number of pyridine rings is 1. The summed E-state index contributed by atoms with van der Waals surface area (Å²) in [6.07, 6.45) is 1.37. The van der Waals surface area contributed by atoms with Crippen molar-refractivity contribution in [2.45, 2.75) is 31.7 Å². The van der Waals surface area contributed by atoms with Crippen molar-refractivity contribution in [2.24, 2.45) is 0 Å². The topological polar surface area (TPSA) is 82.9 Å². The highest BCUT2D eigenvalue weighted by Gasteiger charge is 2.27. The van der Waals surface area contributed by atoms with Crippen LogP contribution in [0.25, 0.3) is 16.9 Å². The van der Waals surface area contributed by atoms with E-state index in [1.54, 1.807) is 29.7 Å². The van der Waals surface area contributed by atoms with Crippen molar-refractivity contribution >= 4 is 17.4 Å². The number of imidazole rings is 1. The molecular weight excluding hydrogens is 449 g/mol. The Balaban J connectivity index is 1.38. The molecule has 0 radical (unpaired) electrons. The number of piperidine rings is 1. The van der Waals surface area contributed by atoms with E-state index < -0.39 is 18.8 Å². The molecule has 1 aliphatic heterocycles. The summed E-state index contributed by atoms with van der Waals surface area (Å²) in [4.78, 5) is 24.3. The number of carbonyl (C=O) groups is 1. The number of urea groups is 1. The maximum absolute atomic E-state index is 12.3. The van der Waals surface area contributed by atoms with E-state index in [-0.39, 0.29) is 6.10 Å². The number of aromatic nitrogens is 2. The zero-order chi connectivity index (χ0) is 24.1. The number of hydrogen-bond acceptors (Lipinski definition) is 5. The van der Waals surface area contributed by atoms with Crippen molar-refractivity contribution in [2.75, 3.05) is 32.0 Å². The Morgan fingerprint density at radius 2 is 2.00 bits per heavy atom. The predicted octanol–water partition coefficient (Wildman–Crippen LogP) is 3.80. The third-order valence-corrected chi connectivity index (χ3v) is 5.64. The first-order chi connectivity index (χ1) is 16.3. The van der Waals surface area contributed by atoms with Gasteiger partial charge in [-0.1, -0.05) is 12.1 Å². The molecule has 0 spiro atoms. The number of carbonyl (C=O) groups excluding carboxylic acids is 1. The number of likely N-dealkylation sites (tertiary alicyclic amines) is 1. The average Bonchev–Trinajstić information content (AvgIpc) is 3.22. The fourth-order valence-electron chi connectivity index (χ4n) is 3.80. The number of fused-ring (bicyclic) bond motifs is 1. The minimum Gasteiger partial charge on any atom is -0.329 e. The summed E-state index contributed by atoms with van der Waals surface area (Å²) in [5.41, 5.74) is 6.75. The van der Waals surface area contributed by atoms with Crippen LogP contribution in [0.4, 0.5) is 23.7 Å². The number of anilines is 1. The van der Waals surface area contributed by atoms with E-state index >= 15 is 0 Å². The van der Waals surface area contributed by atoms with Crippen molar-refractivity contribution in [3.63, 3.8) is 0 Å². The number of alkyl halides is 3. The fourth-order valence-corrected chi connectivity index (χ4v) is 3.80. The first kappa shape index (κ1) is 24.0. The molecule has 0 unspecified atom stereocenters. The molecule has 11 heteroatoms. The van der Waals surface area contributed by atoms with Crippen molar-refractivity contribution in [3.05, 3.63) is 54.4 Å². The summed E-state index contributed by atoms with van der Waals surface area (Å²) >= 11 is 0. The Hall–Kier alpha value is -3.15. The van der Waals surface area contributed by atoms with Gasteiger partial charge in [-0.25, -0.2) is 9.78 Å². The van der Waals surface area contributed by atoms with Gasteiger partial charge >= 0.3 is 12.2 Å². The second-order valence-electron chi connectivity index (χ2n) is 8.35. The molecular formula is C23H27F3N6O2. The van der Waals surface area contributed by atoms with Crippen LogP contribution in [0, 0.1) is 0 Å². The second kappa shape index (κ2) is 10.4. The molecule has 2 aromatic heterocycles. The summed E-state index contributed by atoms with van der Waals surface area (Å²) in [6, 6.07) is 9.85. The normalized spacial score (nSPS) is 15.5. The molecule has 1 saturated heterocycles. The van der Waals surface area contributed by atoms with Gasteiger partial charge in [-0.15, -0.1) is 0 Å². The lowest BCUT2D eigenvalue weighted by molar-refractivity contribution is -0.122. The Kier molecular flexibility index (Phi) is 7.35. The van der Waals surface area contributed by atoms with Gasteiger partial charge in [0, 0.05) is 37.1 Å². The van der Waals surface area contributed by atoms with Gasteiger partial charge in [0.1, 0.15) is 12.2 Å². The fraction of sp³-hybridized carbons (Fsp3) is 0.391.